The van der Waals surface area contributed by atoms with Crippen molar-refractivity contribution in [3.05, 3.63) is 36.5 Å². The SMILES string of the molecule is C=CCS(=O)(=O)CC(=O)Nc1cc(C)ccn1. The second-order valence-corrected chi connectivity index (χ2v) is 5.72. The highest BCUT2D eigenvalue weighted by Crippen LogP contribution is 2.05. The lowest BCUT2D eigenvalue weighted by molar-refractivity contribution is -0.113. The molecule has 1 N–H and O–H groups in total. The molecule has 0 saturated carbocycles. The summed E-state index contributed by atoms with van der Waals surface area (Å²) in [5.41, 5.74) is 0.934. The number of hydrogen-bond acceptors (Lipinski definition) is 4. The number of anilines is 1. The van der Waals surface area contributed by atoms with Gasteiger partial charge >= 0.3 is 0 Å². The van der Waals surface area contributed by atoms with E-state index >= 15 is 0 Å². The van der Waals surface area contributed by atoms with Gasteiger partial charge in [0.1, 0.15) is 11.6 Å². The number of carbonyl (C=O) groups is 1. The monoisotopic (exact) mass is 254 g/mol. The Labute approximate surface area is 100 Å². The van der Waals surface area contributed by atoms with Crippen molar-refractivity contribution in [2.45, 2.75) is 6.92 Å². The molecule has 0 aliphatic rings. The van der Waals surface area contributed by atoms with Gasteiger partial charge in [-0.15, -0.1) is 6.58 Å². The van der Waals surface area contributed by atoms with Crippen LogP contribution >= 0.6 is 0 Å². The molecule has 0 aliphatic heterocycles. The molecular formula is C11H14N2O3S. The fourth-order valence-corrected chi connectivity index (χ4v) is 2.17. The van der Waals surface area contributed by atoms with Gasteiger partial charge < -0.3 is 5.32 Å². The zero-order chi connectivity index (χ0) is 12.9. The summed E-state index contributed by atoms with van der Waals surface area (Å²) in [7, 11) is -3.42. The summed E-state index contributed by atoms with van der Waals surface area (Å²) in [6, 6.07) is 3.45. The molecule has 5 nitrogen and oxygen atoms in total. The van der Waals surface area contributed by atoms with Crippen molar-refractivity contribution in [3.63, 3.8) is 0 Å². The molecule has 1 heterocycles. The second kappa shape index (κ2) is 5.58. The molecule has 0 atom stereocenters. The third-order valence-electron chi connectivity index (χ3n) is 1.91. The molecule has 1 rings (SSSR count). The Kier molecular flexibility index (Phi) is 4.39. The Morgan fingerprint density at radius 2 is 2.29 bits per heavy atom. The number of amides is 1. The lowest BCUT2D eigenvalue weighted by Crippen LogP contribution is -2.24. The van der Waals surface area contributed by atoms with Crippen LogP contribution in [0.15, 0.2) is 31.0 Å². The van der Waals surface area contributed by atoms with Crippen LogP contribution in [0, 0.1) is 6.92 Å². The Balaban J connectivity index is 2.65. The molecule has 0 fully saturated rings. The van der Waals surface area contributed by atoms with Gasteiger partial charge in [-0.05, 0) is 24.6 Å². The lowest BCUT2D eigenvalue weighted by Gasteiger charge is -2.04. The zero-order valence-electron chi connectivity index (χ0n) is 9.51. The predicted octanol–water partition coefficient (Wildman–Crippen LogP) is 0.929. The van der Waals surface area contributed by atoms with Crippen molar-refractivity contribution in [1.29, 1.82) is 0 Å². The number of rotatable bonds is 5. The quantitative estimate of drug-likeness (QED) is 0.793. The van der Waals surface area contributed by atoms with Crippen LogP contribution in [0.2, 0.25) is 0 Å². The maximum Gasteiger partial charge on any atom is 0.240 e. The van der Waals surface area contributed by atoms with Crippen LogP contribution in [0.1, 0.15) is 5.56 Å². The van der Waals surface area contributed by atoms with Gasteiger partial charge in [-0.3, -0.25) is 4.79 Å². The number of sulfone groups is 1. The third kappa shape index (κ3) is 4.78. The van der Waals surface area contributed by atoms with E-state index in [1.54, 1.807) is 18.3 Å². The van der Waals surface area contributed by atoms with E-state index in [9.17, 15) is 13.2 Å². The molecule has 0 saturated heterocycles. The number of hydrogen-bond donors (Lipinski definition) is 1. The summed E-state index contributed by atoms with van der Waals surface area (Å²) in [4.78, 5) is 15.4. The Hall–Kier alpha value is -1.69. The molecule has 0 aliphatic carbocycles. The van der Waals surface area contributed by atoms with Crippen LogP contribution in [0.5, 0.6) is 0 Å². The van der Waals surface area contributed by atoms with Crippen molar-refractivity contribution in [1.82, 2.24) is 4.98 Å². The summed E-state index contributed by atoms with van der Waals surface area (Å²) in [5, 5.41) is 2.43. The molecule has 1 aromatic heterocycles. The van der Waals surface area contributed by atoms with Crippen molar-refractivity contribution in [2.75, 3.05) is 16.8 Å². The minimum Gasteiger partial charge on any atom is -0.310 e. The standard InChI is InChI=1S/C11H14N2O3S/c1-3-6-17(15,16)8-11(14)13-10-7-9(2)4-5-12-10/h3-5,7H,1,6,8H2,2H3,(H,12,13,14). The number of nitrogens with one attached hydrogen (secondary N) is 1. The van der Waals surface area contributed by atoms with Crippen LogP contribution in [0.4, 0.5) is 5.82 Å². The van der Waals surface area contributed by atoms with Gasteiger partial charge in [-0.2, -0.15) is 0 Å². The fraction of sp³-hybridized carbons (Fsp3) is 0.273. The van der Waals surface area contributed by atoms with E-state index in [1.807, 2.05) is 6.92 Å². The van der Waals surface area contributed by atoms with Crippen molar-refractivity contribution in [2.24, 2.45) is 0 Å². The summed E-state index contributed by atoms with van der Waals surface area (Å²) in [6.07, 6.45) is 2.80. The largest absolute Gasteiger partial charge is 0.310 e. The van der Waals surface area contributed by atoms with Gasteiger partial charge in [0.15, 0.2) is 9.84 Å². The summed E-state index contributed by atoms with van der Waals surface area (Å²) < 4.78 is 22.7. The first kappa shape index (κ1) is 13.4. The molecule has 92 valence electrons. The summed E-state index contributed by atoms with van der Waals surface area (Å²) >= 11 is 0. The molecule has 1 amide bonds. The van der Waals surface area contributed by atoms with Crippen molar-refractivity contribution >= 4 is 21.6 Å². The smallest absolute Gasteiger partial charge is 0.240 e. The highest BCUT2D eigenvalue weighted by atomic mass is 32.2. The number of aryl methyl sites for hydroxylation is 1. The highest BCUT2D eigenvalue weighted by Gasteiger charge is 2.15. The molecule has 6 heteroatoms. The summed E-state index contributed by atoms with van der Waals surface area (Å²) in [6.45, 7) is 5.18. The first-order valence-corrected chi connectivity index (χ1v) is 6.79. The highest BCUT2D eigenvalue weighted by molar-refractivity contribution is 7.92. The van der Waals surface area contributed by atoms with E-state index in [-0.39, 0.29) is 5.75 Å². The topological polar surface area (TPSA) is 76.1 Å². The van der Waals surface area contributed by atoms with E-state index in [4.69, 9.17) is 0 Å². The van der Waals surface area contributed by atoms with Crippen LogP contribution in [0.25, 0.3) is 0 Å². The molecule has 0 spiro atoms. The zero-order valence-corrected chi connectivity index (χ0v) is 10.3. The van der Waals surface area contributed by atoms with Crippen LogP contribution < -0.4 is 5.32 Å². The molecule has 0 aromatic carbocycles. The Morgan fingerprint density at radius 3 is 2.88 bits per heavy atom. The molecular weight excluding hydrogens is 240 g/mol. The maximum absolute atomic E-state index is 11.4. The first-order valence-electron chi connectivity index (χ1n) is 4.97. The van der Waals surface area contributed by atoms with E-state index in [0.717, 1.165) is 5.56 Å². The first-order chi connectivity index (χ1) is 7.93. The van der Waals surface area contributed by atoms with Crippen LogP contribution in [-0.4, -0.2) is 30.8 Å². The van der Waals surface area contributed by atoms with Crippen molar-refractivity contribution in [3.8, 4) is 0 Å². The number of nitrogens with zero attached hydrogens (tertiary/aromatic N) is 1. The van der Waals surface area contributed by atoms with Gasteiger partial charge in [0, 0.05) is 6.20 Å². The van der Waals surface area contributed by atoms with Crippen LogP contribution in [-0.2, 0) is 14.6 Å². The molecule has 0 bridgehead atoms. The molecule has 0 radical (unpaired) electrons. The predicted molar refractivity (Wildman–Crippen MR) is 66.5 cm³/mol. The minimum absolute atomic E-state index is 0.207. The van der Waals surface area contributed by atoms with Crippen LogP contribution in [0.3, 0.4) is 0 Å². The average Bonchev–Trinajstić information content (AvgIpc) is 2.15. The van der Waals surface area contributed by atoms with Crippen molar-refractivity contribution < 1.29 is 13.2 Å². The third-order valence-corrected chi connectivity index (χ3v) is 3.35. The van der Waals surface area contributed by atoms with Gasteiger partial charge in [-0.25, -0.2) is 13.4 Å². The molecule has 1 aromatic rings. The summed E-state index contributed by atoms with van der Waals surface area (Å²) in [5.74, 6) is -1.01. The van der Waals surface area contributed by atoms with Gasteiger partial charge in [0.2, 0.25) is 5.91 Å². The fourth-order valence-electron chi connectivity index (χ4n) is 1.22. The lowest BCUT2D eigenvalue weighted by atomic mass is 10.3. The number of carbonyl (C=O) groups excluding carboxylic acids is 1. The number of aromatic nitrogens is 1. The number of pyridine rings is 1. The Bertz CT molecular complexity index is 523. The van der Waals surface area contributed by atoms with Gasteiger partial charge in [0.05, 0.1) is 5.75 Å². The van der Waals surface area contributed by atoms with E-state index in [2.05, 4.69) is 16.9 Å². The second-order valence-electron chi connectivity index (χ2n) is 3.61. The maximum atomic E-state index is 11.4. The van der Waals surface area contributed by atoms with E-state index in [1.165, 1.54) is 6.08 Å². The van der Waals surface area contributed by atoms with E-state index in [0.29, 0.717) is 5.82 Å². The normalized spacial score (nSPS) is 10.9. The van der Waals surface area contributed by atoms with Gasteiger partial charge in [-0.1, -0.05) is 6.08 Å². The molecule has 17 heavy (non-hydrogen) atoms. The van der Waals surface area contributed by atoms with Gasteiger partial charge in [0.25, 0.3) is 0 Å². The van der Waals surface area contributed by atoms with E-state index < -0.39 is 21.5 Å². The molecule has 0 unspecified atom stereocenters. The average molecular weight is 254 g/mol. The Morgan fingerprint density at radius 1 is 1.59 bits per heavy atom. The minimum atomic E-state index is -3.42.